The van der Waals surface area contributed by atoms with E-state index < -0.39 is 23.7 Å². The highest BCUT2D eigenvalue weighted by molar-refractivity contribution is 6.09. The first-order valence-corrected chi connectivity index (χ1v) is 10.4. The molecule has 1 N–H and O–H groups in total. The first-order chi connectivity index (χ1) is 16.5. The van der Waals surface area contributed by atoms with Crippen LogP contribution in [-0.4, -0.2) is 22.4 Å². The van der Waals surface area contributed by atoms with Crippen molar-refractivity contribution < 1.29 is 35.9 Å². The molecule has 0 spiro atoms. The smallest absolute Gasteiger partial charge is 0.449 e. The molecule has 0 atom stereocenters. The van der Waals surface area contributed by atoms with Crippen LogP contribution in [-0.2, 0) is 18.8 Å². The Labute approximate surface area is 194 Å². The van der Waals surface area contributed by atoms with E-state index in [-0.39, 0.29) is 29.2 Å². The van der Waals surface area contributed by atoms with E-state index in [0.717, 1.165) is 12.1 Å². The number of aromatic nitrogens is 2. The average Bonchev–Trinajstić information content (AvgIpc) is 3.24. The number of nitrogens with zero attached hydrogens (tertiary/aromatic N) is 2. The van der Waals surface area contributed by atoms with Crippen LogP contribution in [0.2, 0.25) is 0 Å². The number of hydrogen-bond donors (Lipinski definition) is 1. The molecule has 0 saturated heterocycles. The summed E-state index contributed by atoms with van der Waals surface area (Å²) in [5.41, 5.74) is 0.796. The number of aromatic amines is 1. The topological polar surface area (TPSA) is 58.2 Å². The summed E-state index contributed by atoms with van der Waals surface area (Å²) >= 11 is 0. The Kier molecular flexibility index (Phi) is 5.22. The number of benzene rings is 3. The van der Waals surface area contributed by atoms with Crippen LogP contribution in [0, 0.1) is 0 Å². The van der Waals surface area contributed by atoms with Gasteiger partial charge in [0.2, 0.25) is 5.82 Å². The first kappa shape index (κ1) is 22.8. The molecule has 5 rings (SSSR count). The lowest BCUT2D eigenvalue weighted by atomic mass is 9.97. The number of nitrogens with one attached hydrogen (secondary N) is 1. The highest BCUT2D eigenvalue weighted by atomic mass is 19.4. The van der Waals surface area contributed by atoms with Crippen molar-refractivity contribution in [2.45, 2.75) is 18.8 Å². The van der Waals surface area contributed by atoms with Gasteiger partial charge in [0.25, 0.3) is 5.91 Å². The summed E-state index contributed by atoms with van der Waals surface area (Å²) in [5, 5.41) is 0. The van der Waals surface area contributed by atoms with Crippen LogP contribution in [0.5, 0.6) is 11.5 Å². The van der Waals surface area contributed by atoms with Crippen LogP contribution in [0.1, 0.15) is 27.3 Å². The van der Waals surface area contributed by atoms with Crippen molar-refractivity contribution in [2.24, 2.45) is 0 Å². The number of ether oxygens (including phenoxy) is 1. The van der Waals surface area contributed by atoms with Gasteiger partial charge < -0.3 is 14.6 Å². The molecule has 1 aliphatic heterocycles. The van der Waals surface area contributed by atoms with Crippen LogP contribution in [0.25, 0.3) is 11.0 Å². The van der Waals surface area contributed by atoms with E-state index in [1.165, 1.54) is 35.2 Å². The van der Waals surface area contributed by atoms with Crippen molar-refractivity contribution in [2.75, 3.05) is 11.4 Å². The third-order valence-electron chi connectivity index (χ3n) is 5.65. The van der Waals surface area contributed by atoms with Gasteiger partial charge in [-0.1, -0.05) is 6.07 Å². The molecule has 35 heavy (non-hydrogen) atoms. The van der Waals surface area contributed by atoms with E-state index in [9.17, 15) is 31.1 Å². The highest BCUT2D eigenvalue weighted by Crippen LogP contribution is 2.36. The third-order valence-corrected chi connectivity index (χ3v) is 5.65. The molecule has 2 heterocycles. The molecule has 0 unspecified atom stereocenters. The summed E-state index contributed by atoms with van der Waals surface area (Å²) in [6.45, 7) is 0.227. The molecule has 4 aromatic rings. The second-order valence-corrected chi connectivity index (χ2v) is 7.90. The van der Waals surface area contributed by atoms with Crippen LogP contribution < -0.4 is 9.64 Å². The molecule has 0 aliphatic carbocycles. The second-order valence-electron chi connectivity index (χ2n) is 7.90. The first-order valence-electron chi connectivity index (χ1n) is 10.4. The van der Waals surface area contributed by atoms with Gasteiger partial charge in [0.05, 0.1) is 16.6 Å². The number of fused-ring (bicyclic) bond motifs is 2. The van der Waals surface area contributed by atoms with Crippen molar-refractivity contribution in [1.29, 1.82) is 0 Å². The zero-order valence-corrected chi connectivity index (χ0v) is 17.7. The zero-order chi connectivity index (χ0) is 25.0. The number of imidazole rings is 1. The Hall–Kier alpha value is -4.02. The summed E-state index contributed by atoms with van der Waals surface area (Å²) in [4.78, 5) is 20.4. The molecule has 0 saturated carbocycles. The van der Waals surface area contributed by atoms with E-state index >= 15 is 0 Å². The third kappa shape index (κ3) is 4.29. The van der Waals surface area contributed by atoms with Gasteiger partial charge in [0.15, 0.2) is 0 Å². The van der Waals surface area contributed by atoms with E-state index in [0.29, 0.717) is 29.0 Å². The number of carbonyl (C=O) groups excluding carboxylic acids is 1. The largest absolute Gasteiger partial charge is 0.457 e. The number of hydrogen-bond acceptors (Lipinski definition) is 3. The van der Waals surface area contributed by atoms with Gasteiger partial charge in [-0.15, -0.1) is 0 Å². The molecular weight excluding hydrogens is 476 g/mol. The quantitative estimate of drug-likeness (QED) is 0.329. The predicted octanol–water partition coefficient (Wildman–Crippen LogP) is 6.60. The number of halogens is 6. The van der Waals surface area contributed by atoms with Crippen LogP contribution >= 0.6 is 0 Å². The van der Waals surface area contributed by atoms with E-state index in [2.05, 4.69) is 9.97 Å². The number of alkyl halides is 6. The Morgan fingerprint density at radius 1 is 0.914 bits per heavy atom. The lowest BCUT2D eigenvalue weighted by molar-refractivity contribution is -0.144. The number of amides is 1. The predicted molar refractivity (Wildman–Crippen MR) is 114 cm³/mol. The van der Waals surface area contributed by atoms with Crippen molar-refractivity contribution in [3.05, 3.63) is 83.2 Å². The average molecular weight is 491 g/mol. The SMILES string of the molecule is O=C1c2cccc(Oc3ccc(C(F)(F)F)cc3)c2CCN1c1ccc2nc(C(F)(F)F)[nH]c2c1. The molecule has 3 aromatic carbocycles. The lowest BCUT2D eigenvalue weighted by Gasteiger charge is -2.29. The highest BCUT2D eigenvalue weighted by Gasteiger charge is 2.35. The summed E-state index contributed by atoms with van der Waals surface area (Å²) in [6, 6.07) is 13.4. The van der Waals surface area contributed by atoms with Crippen LogP contribution in [0.15, 0.2) is 60.7 Å². The molecule has 0 fully saturated rings. The molecule has 5 nitrogen and oxygen atoms in total. The minimum absolute atomic E-state index is 0.123. The van der Waals surface area contributed by atoms with Crippen LogP contribution in [0.3, 0.4) is 0 Å². The summed E-state index contributed by atoms with van der Waals surface area (Å²) in [5.74, 6) is -0.968. The Morgan fingerprint density at radius 3 is 2.34 bits per heavy atom. The van der Waals surface area contributed by atoms with E-state index in [1.807, 2.05) is 0 Å². The summed E-state index contributed by atoms with van der Waals surface area (Å²) in [6.07, 6.45) is -8.72. The molecule has 0 radical (unpaired) electrons. The van der Waals surface area contributed by atoms with Gasteiger partial charge in [-0.3, -0.25) is 4.79 Å². The maximum absolute atomic E-state index is 13.2. The lowest BCUT2D eigenvalue weighted by Crippen LogP contribution is -2.37. The standard InChI is InChI=1S/C24H15F6N3O2/c25-23(26,27)13-4-7-15(8-5-13)35-20-3-1-2-17-16(20)10-11-33(21(17)34)14-6-9-18-19(12-14)32-22(31-18)24(28,29)30/h1-9,12H,10-11H2,(H,31,32). The fourth-order valence-corrected chi connectivity index (χ4v) is 3.98. The minimum Gasteiger partial charge on any atom is -0.457 e. The van der Waals surface area contributed by atoms with Crippen molar-refractivity contribution >= 4 is 22.6 Å². The van der Waals surface area contributed by atoms with Crippen molar-refractivity contribution in [3.63, 3.8) is 0 Å². The fraction of sp³-hybridized carbons (Fsp3) is 0.167. The van der Waals surface area contributed by atoms with Gasteiger partial charge in [-0.2, -0.15) is 26.3 Å². The normalized spacial score (nSPS) is 14.3. The second kappa shape index (κ2) is 8.03. The number of H-pyrrole nitrogens is 1. The van der Waals surface area contributed by atoms with Crippen molar-refractivity contribution in [3.8, 4) is 11.5 Å². The monoisotopic (exact) mass is 491 g/mol. The Bertz CT molecular complexity index is 1420. The van der Waals surface area contributed by atoms with E-state index in [1.54, 1.807) is 18.2 Å². The molecular formula is C24H15F6N3O2. The number of carbonyl (C=O) groups is 1. The Morgan fingerprint density at radius 2 is 1.66 bits per heavy atom. The molecule has 180 valence electrons. The van der Waals surface area contributed by atoms with Gasteiger partial charge in [-0.05, 0) is 61.0 Å². The molecule has 0 bridgehead atoms. The van der Waals surface area contributed by atoms with Gasteiger partial charge in [0, 0.05) is 23.4 Å². The zero-order valence-electron chi connectivity index (χ0n) is 17.7. The molecule has 1 amide bonds. The van der Waals surface area contributed by atoms with Crippen LogP contribution in [0.4, 0.5) is 32.0 Å². The molecule has 1 aliphatic rings. The summed E-state index contributed by atoms with van der Waals surface area (Å²) in [7, 11) is 0. The minimum atomic E-state index is -4.62. The maximum atomic E-state index is 13.2. The molecule has 11 heteroatoms. The fourth-order valence-electron chi connectivity index (χ4n) is 3.98. The van der Waals surface area contributed by atoms with Gasteiger partial charge in [-0.25, -0.2) is 4.98 Å². The maximum Gasteiger partial charge on any atom is 0.449 e. The summed E-state index contributed by atoms with van der Waals surface area (Å²) < 4.78 is 83.0. The molecule has 1 aromatic heterocycles. The van der Waals surface area contributed by atoms with Gasteiger partial charge in [0.1, 0.15) is 11.5 Å². The van der Waals surface area contributed by atoms with E-state index in [4.69, 9.17) is 4.74 Å². The van der Waals surface area contributed by atoms with Crippen molar-refractivity contribution in [1.82, 2.24) is 9.97 Å². The number of rotatable bonds is 3. The number of anilines is 1. The Balaban J connectivity index is 1.41. The van der Waals surface area contributed by atoms with Gasteiger partial charge >= 0.3 is 12.4 Å².